The molecular formula is C15H23NO3S. The maximum absolute atomic E-state index is 12.1. The van der Waals surface area contributed by atoms with E-state index in [4.69, 9.17) is 0 Å². The highest BCUT2D eigenvalue weighted by Crippen LogP contribution is 2.13. The van der Waals surface area contributed by atoms with Crippen molar-refractivity contribution in [2.24, 2.45) is 5.92 Å². The zero-order valence-corrected chi connectivity index (χ0v) is 13.3. The molecule has 1 aromatic rings. The third-order valence-electron chi connectivity index (χ3n) is 3.37. The van der Waals surface area contributed by atoms with Gasteiger partial charge in [0, 0.05) is 12.5 Å². The topological polar surface area (TPSA) is 63.2 Å². The highest BCUT2D eigenvalue weighted by Gasteiger charge is 2.17. The third-order valence-corrected chi connectivity index (χ3v) is 5.10. The number of carbonyl (C=O) groups excluding carboxylic acids is 1. The molecule has 0 aliphatic carbocycles. The predicted octanol–water partition coefficient (Wildman–Crippen LogP) is 2.32. The Bertz CT molecular complexity index is 547. The summed E-state index contributed by atoms with van der Waals surface area (Å²) in [6.45, 7) is 7.83. The van der Waals surface area contributed by atoms with Gasteiger partial charge in [-0.3, -0.25) is 4.79 Å². The van der Waals surface area contributed by atoms with E-state index >= 15 is 0 Å². The Balaban J connectivity index is 2.60. The van der Waals surface area contributed by atoms with Crippen molar-refractivity contribution in [2.45, 2.75) is 45.1 Å². The van der Waals surface area contributed by atoms with Crippen LogP contribution in [0.25, 0.3) is 0 Å². The molecule has 1 amide bonds. The van der Waals surface area contributed by atoms with Crippen molar-refractivity contribution in [3.8, 4) is 0 Å². The minimum absolute atomic E-state index is 0.00668. The Hall–Kier alpha value is -1.36. The van der Waals surface area contributed by atoms with Crippen LogP contribution in [0.5, 0.6) is 0 Å². The molecule has 5 heteroatoms. The largest absolute Gasteiger partial charge is 0.353 e. The van der Waals surface area contributed by atoms with Crippen LogP contribution in [0.2, 0.25) is 0 Å². The molecule has 0 aliphatic rings. The van der Waals surface area contributed by atoms with Crippen LogP contribution in [0.3, 0.4) is 0 Å². The molecule has 0 spiro atoms. The van der Waals surface area contributed by atoms with Gasteiger partial charge in [0.15, 0.2) is 9.84 Å². The molecule has 1 atom stereocenters. The van der Waals surface area contributed by atoms with E-state index in [1.807, 2.05) is 27.7 Å². The van der Waals surface area contributed by atoms with Gasteiger partial charge in [0.1, 0.15) is 0 Å². The van der Waals surface area contributed by atoms with E-state index in [9.17, 15) is 13.2 Å². The Morgan fingerprint density at radius 2 is 1.70 bits per heavy atom. The van der Waals surface area contributed by atoms with Crippen molar-refractivity contribution in [2.75, 3.05) is 5.75 Å². The van der Waals surface area contributed by atoms with Gasteiger partial charge in [-0.05, 0) is 31.9 Å². The highest BCUT2D eigenvalue weighted by atomic mass is 32.2. The van der Waals surface area contributed by atoms with E-state index in [1.54, 1.807) is 24.3 Å². The van der Waals surface area contributed by atoms with E-state index in [0.717, 1.165) is 5.56 Å². The quantitative estimate of drug-likeness (QED) is 0.876. The molecule has 1 rings (SSSR count). The molecule has 0 fully saturated rings. The summed E-state index contributed by atoms with van der Waals surface area (Å²) in [6, 6.07) is 6.73. The first kappa shape index (κ1) is 16.7. The van der Waals surface area contributed by atoms with Crippen LogP contribution in [-0.2, 0) is 14.6 Å². The maximum Gasteiger partial charge on any atom is 0.221 e. The number of benzene rings is 1. The lowest BCUT2D eigenvalue weighted by molar-refractivity contribution is -0.121. The standard InChI is InChI=1S/C15H23NO3S/c1-11(2)13(4)16-15(17)9-10-20(18,19)14-7-5-12(3)6-8-14/h5-8,11,13H,9-10H2,1-4H3,(H,16,17). The second-order valence-corrected chi connectivity index (χ2v) is 7.59. The normalized spacial score (nSPS) is 13.2. The van der Waals surface area contributed by atoms with E-state index in [2.05, 4.69) is 5.32 Å². The van der Waals surface area contributed by atoms with Gasteiger partial charge >= 0.3 is 0 Å². The number of hydrogen-bond donors (Lipinski definition) is 1. The van der Waals surface area contributed by atoms with Crippen LogP contribution in [-0.4, -0.2) is 26.1 Å². The van der Waals surface area contributed by atoms with Gasteiger partial charge < -0.3 is 5.32 Å². The number of rotatable bonds is 6. The fourth-order valence-corrected chi connectivity index (χ4v) is 2.82. The summed E-state index contributed by atoms with van der Waals surface area (Å²) in [5, 5.41) is 2.81. The van der Waals surface area contributed by atoms with Crippen molar-refractivity contribution in [3.05, 3.63) is 29.8 Å². The molecule has 0 bridgehead atoms. The molecule has 1 aromatic carbocycles. The lowest BCUT2D eigenvalue weighted by atomic mass is 10.1. The van der Waals surface area contributed by atoms with Gasteiger partial charge in [0.25, 0.3) is 0 Å². The van der Waals surface area contributed by atoms with Crippen LogP contribution in [0, 0.1) is 12.8 Å². The summed E-state index contributed by atoms with van der Waals surface area (Å²) in [5.74, 6) is -0.0540. The number of sulfone groups is 1. The fraction of sp³-hybridized carbons (Fsp3) is 0.533. The molecule has 0 heterocycles. The zero-order chi connectivity index (χ0) is 15.3. The summed E-state index contributed by atoms with van der Waals surface area (Å²) in [6.07, 6.45) is -0.00668. The van der Waals surface area contributed by atoms with Crippen molar-refractivity contribution >= 4 is 15.7 Å². The fourth-order valence-electron chi connectivity index (χ4n) is 1.58. The molecule has 4 nitrogen and oxygen atoms in total. The minimum Gasteiger partial charge on any atom is -0.353 e. The number of carbonyl (C=O) groups is 1. The van der Waals surface area contributed by atoms with Gasteiger partial charge in [-0.25, -0.2) is 8.42 Å². The molecule has 0 aliphatic heterocycles. The third kappa shape index (κ3) is 4.96. The Morgan fingerprint density at radius 1 is 1.15 bits per heavy atom. The predicted molar refractivity (Wildman–Crippen MR) is 80.3 cm³/mol. The second-order valence-electron chi connectivity index (χ2n) is 5.48. The summed E-state index contributed by atoms with van der Waals surface area (Å²) < 4.78 is 24.2. The second kappa shape index (κ2) is 6.88. The summed E-state index contributed by atoms with van der Waals surface area (Å²) in [7, 11) is -3.39. The first-order valence-electron chi connectivity index (χ1n) is 6.81. The number of nitrogens with one attached hydrogen (secondary N) is 1. The summed E-state index contributed by atoms with van der Waals surface area (Å²) in [4.78, 5) is 12.0. The van der Waals surface area contributed by atoms with Crippen LogP contribution in [0.15, 0.2) is 29.2 Å². The zero-order valence-electron chi connectivity index (χ0n) is 12.5. The molecule has 1 N–H and O–H groups in total. The van der Waals surface area contributed by atoms with Crippen molar-refractivity contribution in [1.82, 2.24) is 5.32 Å². The van der Waals surface area contributed by atoms with Crippen molar-refractivity contribution in [1.29, 1.82) is 0 Å². The first-order chi connectivity index (χ1) is 9.22. The Kier molecular flexibility index (Phi) is 5.74. The smallest absolute Gasteiger partial charge is 0.221 e. The monoisotopic (exact) mass is 297 g/mol. The SMILES string of the molecule is Cc1ccc(S(=O)(=O)CCC(=O)NC(C)C(C)C)cc1. The van der Waals surface area contributed by atoms with Gasteiger partial charge in [-0.15, -0.1) is 0 Å². The molecule has 0 radical (unpaired) electrons. The van der Waals surface area contributed by atoms with Crippen molar-refractivity contribution in [3.63, 3.8) is 0 Å². The van der Waals surface area contributed by atoms with Crippen molar-refractivity contribution < 1.29 is 13.2 Å². The van der Waals surface area contributed by atoms with Gasteiger partial charge in [-0.2, -0.15) is 0 Å². The lowest BCUT2D eigenvalue weighted by Crippen LogP contribution is -2.36. The molecule has 0 saturated carbocycles. The van der Waals surface area contributed by atoms with Gasteiger partial charge in [0.2, 0.25) is 5.91 Å². The average Bonchev–Trinajstić information content (AvgIpc) is 2.37. The van der Waals surface area contributed by atoms with E-state index in [0.29, 0.717) is 5.92 Å². The highest BCUT2D eigenvalue weighted by molar-refractivity contribution is 7.91. The van der Waals surface area contributed by atoms with Crippen LogP contribution < -0.4 is 5.32 Å². The molecular weight excluding hydrogens is 274 g/mol. The molecule has 20 heavy (non-hydrogen) atoms. The minimum atomic E-state index is -3.39. The molecule has 0 saturated heterocycles. The van der Waals surface area contributed by atoms with E-state index in [1.165, 1.54) is 0 Å². The number of amides is 1. The van der Waals surface area contributed by atoms with E-state index < -0.39 is 9.84 Å². The first-order valence-corrected chi connectivity index (χ1v) is 8.46. The summed E-state index contributed by atoms with van der Waals surface area (Å²) >= 11 is 0. The average molecular weight is 297 g/mol. The number of aryl methyl sites for hydroxylation is 1. The van der Waals surface area contributed by atoms with Crippen LogP contribution >= 0.6 is 0 Å². The molecule has 112 valence electrons. The number of hydrogen-bond acceptors (Lipinski definition) is 3. The summed E-state index contributed by atoms with van der Waals surface area (Å²) in [5.41, 5.74) is 1.01. The van der Waals surface area contributed by atoms with Crippen LogP contribution in [0.4, 0.5) is 0 Å². The lowest BCUT2D eigenvalue weighted by Gasteiger charge is -2.17. The van der Waals surface area contributed by atoms with Gasteiger partial charge in [-0.1, -0.05) is 31.5 Å². The Morgan fingerprint density at radius 3 is 2.20 bits per heavy atom. The maximum atomic E-state index is 12.1. The van der Waals surface area contributed by atoms with Gasteiger partial charge in [0.05, 0.1) is 10.6 Å². The van der Waals surface area contributed by atoms with E-state index in [-0.39, 0.29) is 29.0 Å². The van der Waals surface area contributed by atoms with Crippen LogP contribution in [0.1, 0.15) is 32.8 Å². The Labute approximate surface area is 121 Å². The molecule has 0 aromatic heterocycles. The molecule has 1 unspecified atom stereocenters.